The summed E-state index contributed by atoms with van der Waals surface area (Å²) >= 11 is 6.02. The molecule has 1 aliphatic heterocycles. The molecule has 0 spiro atoms. The molecule has 3 rings (SSSR count). The van der Waals surface area contributed by atoms with Crippen molar-refractivity contribution in [2.24, 2.45) is 0 Å². The molecule has 7 heteroatoms. The summed E-state index contributed by atoms with van der Waals surface area (Å²) in [5, 5.41) is 0. The van der Waals surface area contributed by atoms with E-state index in [9.17, 15) is 8.42 Å². The molecule has 1 aliphatic rings. The third kappa shape index (κ3) is 2.40. The van der Waals surface area contributed by atoms with Gasteiger partial charge in [-0.15, -0.1) is 11.6 Å². The van der Waals surface area contributed by atoms with Crippen LogP contribution in [0.5, 0.6) is 5.75 Å². The fourth-order valence-corrected chi connectivity index (χ4v) is 5.39. The zero-order valence-corrected chi connectivity index (χ0v) is 13.5. The number of ether oxygens (including phenoxy) is 1. The number of hydrogen-bond acceptors (Lipinski definition) is 4. The number of imidazole rings is 1. The van der Waals surface area contributed by atoms with E-state index in [2.05, 4.69) is 4.98 Å². The number of hydrogen-bond donors (Lipinski definition) is 0. The SMILES string of the molecule is COc1ccc2c(c1)nc(CCl)n2C1(C)CCS(=O)(=O)C1. The van der Waals surface area contributed by atoms with Crippen molar-refractivity contribution in [2.45, 2.75) is 24.8 Å². The molecule has 0 N–H and O–H groups in total. The Labute approximate surface area is 128 Å². The molecule has 1 aromatic carbocycles. The van der Waals surface area contributed by atoms with Crippen molar-refractivity contribution in [3.8, 4) is 5.75 Å². The molecule has 1 atom stereocenters. The first-order chi connectivity index (χ1) is 9.88. The number of aromatic nitrogens is 2. The van der Waals surface area contributed by atoms with Gasteiger partial charge in [-0.1, -0.05) is 0 Å². The molecule has 0 amide bonds. The summed E-state index contributed by atoms with van der Waals surface area (Å²) in [5.74, 6) is 1.99. The molecule has 1 fully saturated rings. The van der Waals surface area contributed by atoms with E-state index in [0.717, 1.165) is 16.8 Å². The summed E-state index contributed by atoms with van der Waals surface area (Å²) in [4.78, 5) is 4.53. The van der Waals surface area contributed by atoms with Gasteiger partial charge in [-0.3, -0.25) is 0 Å². The smallest absolute Gasteiger partial charge is 0.152 e. The number of alkyl halides is 1. The standard InChI is InChI=1S/C14H17ClN2O3S/c1-14(5-6-21(18,19)9-14)17-12-4-3-10(20-2)7-11(12)16-13(17)8-15/h3-4,7H,5-6,8-9H2,1-2H3. The maximum Gasteiger partial charge on any atom is 0.152 e. The van der Waals surface area contributed by atoms with Gasteiger partial charge in [0.1, 0.15) is 11.6 Å². The van der Waals surface area contributed by atoms with Gasteiger partial charge in [-0.05, 0) is 25.5 Å². The maximum atomic E-state index is 11.9. The average Bonchev–Trinajstić information content (AvgIpc) is 2.95. The van der Waals surface area contributed by atoms with Crippen LogP contribution in [0, 0.1) is 0 Å². The normalized spacial score (nSPS) is 24.5. The summed E-state index contributed by atoms with van der Waals surface area (Å²) in [5.41, 5.74) is 1.17. The number of benzene rings is 1. The first kappa shape index (κ1) is 14.7. The van der Waals surface area contributed by atoms with Crippen LogP contribution in [0.15, 0.2) is 18.2 Å². The van der Waals surface area contributed by atoms with E-state index in [1.165, 1.54) is 0 Å². The van der Waals surface area contributed by atoms with Crippen molar-refractivity contribution in [1.82, 2.24) is 9.55 Å². The lowest BCUT2D eigenvalue weighted by Crippen LogP contribution is -2.32. The van der Waals surface area contributed by atoms with Crippen molar-refractivity contribution >= 4 is 32.5 Å². The van der Waals surface area contributed by atoms with Crippen molar-refractivity contribution in [2.75, 3.05) is 18.6 Å². The Balaban J connectivity index is 2.22. The molecule has 0 aliphatic carbocycles. The Hall–Kier alpha value is -1.27. The molecule has 5 nitrogen and oxygen atoms in total. The van der Waals surface area contributed by atoms with Crippen molar-refractivity contribution < 1.29 is 13.2 Å². The number of fused-ring (bicyclic) bond motifs is 1. The second kappa shape index (κ2) is 4.88. The predicted molar refractivity (Wildman–Crippen MR) is 82.8 cm³/mol. The second-order valence-electron chi connectivity index (χ2n) is 5.69. The van der Waals surface area contributed by atoms with Crippen LogP contribution in [0.4, 0.5) is 0 Å². The molecule has 1 aromatic heterocycles. The van der Waals surface area contributed by atoms with Gasteiger partial charge in [0, 0.05) is 6.07 Å². The topological polar surface area (TPSA) is 61.2 Å². The van der Waals surface area contributed by atoms with E-state index in [1.807, 2.05) is 29.7 Å². The summed E-state index contributed by atoms with van der Waals surface area (Å²) in [6.07, 6.45) is 0.580. The van der Waals surface area contributed by atoms with E-state index in [-0.39, 0.29) is 17.4 Å². The molecule has 1 saturated heterocycles. The fourth-order valence-electron chi connectivity index (χ4n) is 3.10. The molecule has 2 aromatic rings. The lowest BCUT2D eigenvalue weighted by molar-refractivity contribution is 0.367. The molecule has 0 radical (unpaired) electrons. The zero-order chi connectivity index (χ0) is 15.3. The van der Waals surface area contributed by atoms with Crippen LogP contribution in [0.25, 0.3) is 11.0 Å². The van der Waals surface area contributed by atoms with Gasteiger partial charge in [0.2, 0.25) is 0 Å². The van der Waals surface area contributed by atoms with Crippen molar-refractivity contribution in [1.29, 1.82) is 0 Å². The minimum atomic E-state index is -3.00. The molecule has 2 heterocycles. The van der Waals surface area contributed by atoms with Crippen LogP contribution in [0.1, 0.15) is 19.2 Å². The second-order valence-corrected chi connectivity index (χ2v) is 8.14. The largest absolute Gasteiger partial charge is 0.497 e. The fraction of sp³-hybridized carbons (Fsp3) is 0.500. The minimum absolute atomic E-state index is 0.126. The minimum Gasteiger partial charge on any atom is -0.497 e. The molecule has 21 heavy (non-hydrogen) atoms. The van der Waals surface area contributed by atoms with E-state index in [4.69, 9.17) is 16.3 Å². The van der Waals surface area contributed by atoms with E-state index >= 15 is 0 Å². The van der Waals surface area contributed by atoms with Crippen LogP contribution in [0.2, 0.25) is 0 Å². The number of methoxy groups -OCH3 is 1. The molecule has 114 valence electrons. The molecular formula is C14H17ClN2O3S. The Kier molecular flexibility index (Phi) is 3.41. The maximum absolute atomic E-state index is 11.9. The van der Waals surface area contributed by atoms with E-state index in [0.29, 0.717) is 12.2 Å². The highest BCUT2D eigenvalue weighted by atomic mass is 35.5. The van der Waals surface area contributed by atoms with E-state index < -0.39 is 15.4 Å². The first-order valence-corrected chi connectivity index (χ1v) is 9.06. The highest BCUT2D eigenvalue weighted by Crippen LogP contribution is 2.36. The Bertz CT molecular complexity index is 800. The summed E-state index contributed by atoms with van der Waals surface area (Å²) < 4.78 is 31.0. The Morgan fingerprint density at radius 2 is 2.24 bits per heavy atom. The van der Waals surface area contributed by atoms with Crippen LogP contribution in [-0.4, -0.2) is 36.6 Å². The monoisotopic (exact) mass is 328 g/mol. The number of halogens is 1. The van der Waals surface area contributed by atoms with Crippen molar-refractivity contribution in [3.05, 3.63) is 24.0 Å². The van der Waals surface area contributed by atoms with Gasteiger partial charge in [0.15, 0.2) is 9.84 Å². The van der Waals surface area contributed by atoms with Gasteiger partial charge in [0.05, 0.1) is 41.1 Å². The average molecular weight is 329 g/mol. The third-order valence-corrected chi connectivity index (χ3v) is 6.20. The first-order valence-electron chi connectivity index (χ1n) is 6.71. The number of rotatable bonds is 3. The number of nitrogens with zero attached hydrogens (tertiary/aromatic N) is 2. The van der Waals surface area contributed by atoms with Crippen molar-refractivity contribution in [3.63, 3.8) is 0 Å². The van der Waals surface area contributed by atoms with Crippen LogP contribution >= 0.6 is 11.6 Å². The quantitative estimate of drug-likeness (QED) is 0.811. The predicted octanol–water partition coefficient (Wildman–Crippen LogP) is 2.32. The van der Waals surface area contributed by atoms with E-state index in [1.54, 1.807) is 7.11 Å². The van der Waals surface area contributed by atoms with Gasteiger partial charge < -0.3 is 9.30 Å². The highest BCUT2D eigenvalue weighted by molar-refractivity contribution is 7.91. The lowest BCUT2D eigenvalue weighted by Gasteiger charge is -2.27. The van der Waals surface area contributed by atoms with Crippen LogP contribution in [0.3, 0.4) is 0 Å². The van der Waals surface area contributed by atoms with Crippen LogP contribution in [-0.2, 0) is 21.3 Å². The molecular weight excluding hydrogens is 312 g/mol. The highest BCUT2D eigenvalue weighted by Gasteiger charge is 2.41. The molecule has 1 unspecified atom stereocenters. The van der Waals surface area contributed by atoms with Gasteiger partial charge in [-0.2, -0.15) is 0 Å². The van der Waals surface area contributed by atoms with Gasteiger partial charge in [-0.25, -0.2) is 13.4 Å². The Morgan fingerprint density at radius 1 is 1.48 bits per heavy atom. The zero-order valence-electron chi connectivity index (χ0n) is 12.0. The summed E-state index contributed by atoms with van der Waals surface area (Å²) in [7, 11) is -1.40. The Morgan fingerprint density at radius 3 is 2.81 bits per heavy atom. The number of sulfone groups is 1. The summed E-state index contributed by atoms with van der Waals surface area (Å²) in [6.45, 7) is 1.96. The molecule has 0 bridgehead atoms. The lowest BCUT2D eigenvalue weighted by atomic mass is 10.0. The van der Waals surface area contributed by atoms with Gasteiger partial charge >= 0.3 is 0 Å². The van der Waals surface area contributed by atoms with Crippen LogP contribution < -0.4 is 4.74 Å². The molecule has 0 saturated carbocycles. The summed E-state index contributed by atoms with van der Waals surface area (Å²) in [6, 6.07) is 5.60. The third-order valence-electron chi connectivity index (χ3n) is 4.07. The van der Waals surface area contributed by atoms with Gasteiger partial charge in [0.25, 0.3) is 0 Å².